The van der Waals surface area contributed by atoms with Crippen LogP contribution in [0.2, 0.25) is 0 Å². The van der Waals surface area contributed by atoms with Gasteiger partial charge >= 0.3 is 0 Å². The minimum Gasteiger partial charge on any atom is -0.500 e. The molecule has 0 heterocycles. The van der Waals surface area contributed by atoms with Crippen molar-refractivity contribution in [3.05, 3.63) is 38.5 Å². The van der Waals surface area contributed by atoms with E-state index in [1.807, 2.05) is 0 Å². The standard InChI is InChI=1S/C7H7BrNO3/c1-12-7-3-2-5(9(10)11)4-6(7)8/h2,4H,3H2,1H3. The molecule has 65 valence electrons. The summed E-state index contributed by atoms with van der Waals surface area (Å²) in [5.74, 6) is 0.709. The molecule has 0 aromatic carbocycles. The van der Waals surface area contributed by atoms with E-state index in [2.05, 4.69) is 15.9 Å². The SMILES string of the molecule is COC1=C(Br)C=C([N+](=O)[O-])[CH]C1. The van der Waals surface area contributed by atoms with E-state index < -0.39 is 4.92 Å². The predicted octanol–water partition coefficient (Wildman–Crippen LogP) is 2.01. The van der Waals surface area contributed by atoms with Crippen LogP contribution in [0.25, 0.3) is 0 Å². The number of hydrogen-bond acceptors (Lipinski definition) is 3. The maximum atomic E-state index is 10.3. The zero-order chi connectivity index (χ0) is 9.14. The number of rotatable bonds is 2. The number of nitro groups is 1. The second-order valence-electron chi connectivity index (χ2n) is 2.21. The van der Waals surface area contributed by atoms with E-state index in [4.69, 9.17) is 4.74 Å². The van der Waals surface area contributed by atoms with Gasteiger partial charge in [-0.2, -0.15) is 0 Å². The predicted molar refractivity (Wildman–Crippen MR) is 47.0 cm³/mol. The van der Waals surface area contributed by atoms with Crippen LogP contribution < -0.4 is 0 Å². The van der Waals surface area contributed by atoms with Crippen molar-refractivity contribution in [3.8, 4) is 0 Å². The number of ether oxygens (including phenoxy) is 1. The van der Waals surface area contributed by atoms with Crippen LogP contribution in [0.3, 0.4) is 0 Å². The molecular weight excluding hydrogens is 226 g/mol. The van der Waals surface area contributed by atoms with Gasteiger partial charge < -0.3 is 4.74 Å². The normalized spacial score (nSPS) is 17.3. The van der Waals surface area contributed by atoms with Gasteiger partial charge in [0.05, 0.1) is 22.9 Å². The summed E-state index contributed by atoms with van der Waals surface area (Å²) in [7, 11) is 1.54. The molecule has 1 rings (SSSR count). The summed E-state index contributed by atoms with van der Waals surface area (Å²) < 4.78 is 5.60. The van der Waals surface area contributed by atoms with Gasteiger partial charge in [0, 0.05) is 12.5 Å². The highest BCUT2D eigenvalue weighted by Gasteiger charge is 2.19. The van der Waals surface area contributed by atoms with E-state index in [1.165, 1.54) is 19.6 Å². The quantitative estimate of drug-likeness (QED) is 0.541. The Bertz CT molecular complexity index is 270. The molecule has 1 aliphatic carbocycles. The Morgan fingerprint density at radius 2 is 2.42 bits per heavy atom. The molecule has 0 saturated heterocycles. The maximum Gasteiger partial charge on any atom is 0.251 e. The van der Waals surface area contributed by atoms with Crippen LogP contribution in [0.15, 0.2) is 22.0 Å². The van der Waals surface area contributed by atoms with Crippen molar-refractivity contribution in [1.82, 2.24) is 0 Å². The van der Waals surface area contributed by atoms with Crippen molar-refractivity contribution in [3.63, 3.8) is 0 Å². The van der Waals surface area contributed by atoms with Crippen LogP contribution >= 0.6 is 15.9 Å². The van der Waals surface area contributed by atoms with E-state index in [9.17, 15) is 10.1 Å². The lowest BCUT2D eigenvalue weighted by Crippen LogP contribution is -2.05. The van der Waals surface area contributed by atoms with Gasteiger partial charge in [-0.1, -0.05) is 0 Å². The average Bonchev–Trinajstić information content (AvgIpc) is 2.04. The fraction of sp³-hybridized carbons (Fsp3) is 0.286. The number of hydrogen-bond donors (Lipinski definition) is 0. The lowest BCUT2D eigenvalue weighted by Gasteiger charge is -2.10. The Morgan fingerprint density at radius 1 is 1.75 bits per heavy atom. The number of halogens is 1. The lowest BCUT2D eigenvalue weighted by molar-refractivity contribution is -0.422. The molecule has 0 unspecified atom stereocenters. The second-order valence-corrected chi connectivity index (χ2v) is 3.06. The first-order valence-corrected chi connectivity index (χ1v) is 4.06. The highest BCUT2D eigenvalue weighted by atomic mass is 79.9. The van der Waals surface area contributed by atoms with Gasteiger partial charge in [0.2, 0.25) is 0 Å². The minimum atomic E-state index is -0.423. The molecule has 0 saturated carbocycles. The van der Waals surface area contributed by atoms with E-state index >= 15 is 0 Å². The second kappa shape index (κ2) is 3.71. The van der Waals surface area contributed by atoms with E-state index in [0.717, 1.165) is 0 Å². The van der Waals surface area contributed by atoms with Crippen LogP contribution in [0.1, 0.15) is 6.42 Å². The molecule has 1 aliphatic rings. The third-order valence-corrected chi connectivity index (χ3v) is 2.17. The van der Waals surface area contributed by atoms with Crippen LogP contribution in [-0.2, 0) is 4.74 Å². The Hall–Kier alpha value is -0.840. The summed E-state index contributed by atoms with van der Waals surface area (Å²) in [4.78, 5) is 9.89. The molecule has 0 aromatic rings. The Morgan fingerprint density at radius 3 is 2.83 bits per heavy atom. The molecule has 5 heteroatoms. The first kappa shape index (κ1) is 9.25. The van der Waals surface area contributed by atoms with Gasteiger partial charge in [0.25, 0.3) is 5.70 Å². The summed E-state index contributed by atoms with van der Waals surface area (Å²) in [6.45, 7) is 0. The van der Waals surface area contributed by atoms with Gasteiger partial charge in [-0.3, -0.25) is 10.1 Å². The first-order valence-electron chi connectivity index (χ1n) is 3.27. The van der Waals surface area contributed by atoms with Gasteiger partial charge in [0.1, 0.15) is 5.76 Å². The van der Waals surface area contributed by atoms with Crippen molar-refractivity contribution in [2.24, 2.45) is 0 Å². The summed E-state index contributed by atoms with van der Waals surface area (Å²) in [6.07, 6.45) is 3.41. The van der Waals surface area contributed by atoms with Crippen molar-refractivity contribution in [1.29, 1.82) is 0 Å². The maximum absolute atomic E-state index is 10.3. The van der Waals surface area contributed by atoms with Crippen molar-refractivity contribution in [2.75, 3.05) is 7.11 Å². The third-order valence-electron chi connectivity index (χ3n) is 1.49. The molecule has 0 amide bonds. The smallest absolute Gasteiger partial charge is 0.251 e. The summed E-state index contributed by atoms with van der Waals surface area (Å²) in [6, 6.07) is 0. The van der Waals surface area contributed by atoms with E-state index in [-0.39, 0.29) is 5.70 Å². The molecule has 4 nitrogen and oxygen atoms in total. The Kier molecular flexibility index (Phi) is 2.86. The van der Waals surface area contributed by atoms with Gasteiger partial charge in [-0.25, -0.2) is 0 Å². The molecule has 0 atom stereocenters. The Labute approximate surface area is 78.2 Å². The molecule has 0 aliphatic heterocycles. The third kappa shape index (κ3) is 1.85. The topological polar surface area (TPSA) is 52.4 Å². The molecule has 0 aromatic heterocycles. The number of nitrogens with zero attached hydrogens (tertiary/aromatic N) is 1. The fourth-order valence-corrected chi connectivity index (χ4v) is 1.43. The lowest BCUT2D eigenvalue weighted by atomic mass is 10.1. The van der Waals surface area contributed by atoms with Crippen LogP contribution in [-0.4, -0.2) is 12.0 Å². The molecule has 0 spiro atoms. The zero-order valence-corrected chi connectivity index (χ0v) is 8.00. The van der Waals surface area contributed by atoms with Crippen molar-refractivity contribution >= 4 is 15.9 Å². The van der Waals surface area contributed by atoms with Crippen LogP contribution in [0.4, 0.5) is 0 Å². The van der Waals surface area contributed by atoms with Crippen LogP contribution in [0, 0.1) is 16.5 Å². The van der Waals surface area contributed by atoms with Gasteiger partial charge in [-0.05, 0) is 15.9 Å². The number of allylic oxidation sites excluding steroid dienone is 4. The molecular formula is C7H7BrNO3. The summed E-state index contributed by atoms with van der Waals surface area (Å²) in [5.41, 5.74) is 0.0997. The fourth-order valence-electron chi connectivity index (χ4n) is 0.872. The van der Waals surface area contributed by atoms with Gasteiger partial charge in [-0.15, -0.1) is 0 Å². The zero-order valence-electron chi connectivity index (χ0n) is 6.41. The number of methoxy groups -OCH3 is 1. The van der Waals surface area contributed by atoms with E-state index in [0.29, 0.717) is 16.7 Å². The first-order chi connectivity index (χ1) is 5.65. The van der Waals surface area contributed by atoms with Crippen LogP contribution in [0.5, 0.6) is 0 Å². The van der Waals surface area contributed by atoms with E-state index in [1.54, 1.807) is 0 Å². The van der Waals surface area contributed by atoms with Crippen molar-refractivity contribution < 1.29 is 9.66 Å². The summed E-state index contributed by atoms with van der Waals surface area (Å²) in [5, 5.41) is 10.3. The Balaban J connectivity index is 2.88. The highest BCUT2D eigenvalue weighted by Crippen LogP contribution is 2.27. The molecule has 12 heavy (non-hydrogen) atoms. The largest absolute Gasteiger partial charge is 0.500 e. The molecule has 0 bridgehead atoms. The van der Waals surface area contributed by atoms with Crippen molar-refractivity contribution in [2.45, 2.75) is 6.42 Å². The highest BCUT2D eigenvalue weighted by molar-refractivity contribution is 9.11. The average molecular weight is 233 g/mol. The molecule has 0 N–H and O–H groups in total. The summed E-state index contributed by atoms with van der Waals surface area (Å²) >= 11 is 3.18. The van der Waals surface area contributed by atoms with Gasteiger partial charge in [0.15, 0.2) is 0 Å². The minimum absolute atomic E-state index is 0.0997. The molecule has 1 radical (unpaired) electrons. The molecule has 0 fully saturated rings. The monoisotopic (exact) mass is 232 g/mol.